The van der Waals surface area contributed by atoms with Gasteiger partial charge in [-0.2, -0.15) is 0 Å². The predicted molar refractivity (Wildman–Crippen MR) is 53.0 cm³/mol. The number of halogens is 1. The van der Waals surface area contributed by atoms with Gasteiger partial charge in [0.15, 0.2) is 0 Å². The molecule has 0 amide bonds. The first kappa shape index (κ1) is 8.94. The molecule has 0 spiro atoms. The molecule has 0 aliphatic heterocycles. The Kier molecular flexibility index (Phi) is 2.08. The molecule has 0 bridgehead atoms. The molecule has 1 aromatic heterocycles. The Hall–Kier alpha value is -1.64. The zero-order valence-corrected chi connectivity index (χ0v) is 8.16. The molecule has 0 atom stereocenters. The highest BCUT2D eigenvalue weighted by Crippen LogP contribution is 2.16. The number of aromatic nitrogens is 2. The molecule has 0 aliphatic carbocycles. The number of hydrogen-bond acceptors (Lipinski definition) is 1. The quantitative estimate of drug-likeness (QED) is 0.676. The molecule has 72 valence electrons. The van der Waals surface area contributed by atoms with E-state index in [-0.39, 0.29) is 5.82 Å². The maximum Gasteiger partial charge on any atom is 0.147 e. The number of para-hydroxylation sites is 1. The number of imidazole rings is 1. The van der Waals surface area contributed by atoms with Gasteiger partial charge in [-0.3, -0.25) is 0 Å². The van der Waals surface area contributed by atoms with Crippen LogP contribution in [0.4, 0.5) is 4.39 Å². The molecular formula is C11H11FN2. The van der Waals surface area contributed by atoms with Crippen molar-refractivity contribution in [1.82, 2.24) is 9.55 Å². The van der Waals surface area contributed by atoms with Gasteiger partial charge in [-0.1, -0.05) is 12.1 Å². The first-order chi connectivity index (χ1) is 6.70. The largest absolute Gasteiger partial charge is 0.300 e. The lowest BCUT2D eigenvalue weighted by atomic mass is 10.3. The third-order valence-electron chi connectivity index (χ3n) is 2.36. The van der Waals surface area contributed by atoms with Gasteiger partial charge in [0.05, 0.1) is 17.7 Å². The smallest absolute Gasteiger partial charge is 0.147 e. The van der Waals surface area contributed by atoms with Gasteiger partial charge in [0, 0.05) is 5.69 Å². The summed E-state index contributed by atoms with van der Waals surface area (Å²) in [7, 11) is 0. The van der Waals surface area contributed by atoms with Gasteiger partial charge < -0.3 is 4.57 Å². The summed E-state index contributed by atoms with van der Waals surface area (Å²) in [6.45, 7) is 3.83. The monoisotopic (exact) mass is 190 g/mol. The molecule has 0 fully saturated rings. The van der Waals surface area contributed by atoms with Crippen molar-refractivity contribution in [2.24, 2.45) is 0 Å². The fourth-order valence-electron chi connectivity index (χ4n) is 1.39. The van der Waals surface area contributed by atoms with E-state index in [1.165, 1.54) is 6.07 Å². The van der Waals surface area contributed by atoms with E-state index in [0.717, 1.165) is 11.4 Å². The molecule has 0 saturated carbocycles. The first-order valence-electron chi connectivity index (χ1n) is 4.45. The molecule has 1 aromatic carbocycles. The molecule has 0 radical (unpaired) electrons. The summed E-state index contributed by atoms with van der Waals surface area (Å²) < 4.78 is 15.2. The van der Waals surface area contributed by atoms with Gasteiger partial charge >= 0.3 is 0 Å². The lowest BCUT2D eigenvalue weighted by Gasteiger charge is -2.05. The van der Waals surface area contributed by atoms with Crippen LogP contribution in [0.15, 0.2) is 30.6 Å². The standard InChI is InChI=1S/C11H11FN2/c1-8-9(2)14(7-13-8)11-6-4-3-5-10(11)12/h3-7H,1-2H3. The maximum atomic E-state index is 13.4. The van der Waals surface area contributed by atoms with Crippen molar-refractivity contribution in [1.29, 1.82) is 0 Å². The highest BCUT2D eigenvalue weighted by Gasteiger charge is 2.07. The lowest BCUT2D eigenvalue weighted by molar-refractivity contribution is 0.617. The minimum absolute atomic E-state index is 0.229. The molecule has 0 aliphatic rings. The summed E-state index contributed by atoms with van der Waals surface area (Å²) in [4.78, 5) is 4.13. The molecule has 14 heavy (non-hydrogen) atoms. The second-order valence-electron chi connectivity index (χ2n) is 3.24. The maximum absolute atomic E-state index is 13.4. The SMILES string of the molecule is Cc1ncn(-c2ccccc2F)c1C. The Bertz CT molecular complexity index is 460. The summed E-state index contributed by atoms with van der Waals surface area (Å²) in [6, 6.07) is 6.68. The Labute approximate surface area is 82.0 Å². The molecule has 2 aromatic rings. The summed E-state index contributed by atoms with van der Waals surface area (Å²) in [5, 5.41) is 0. The van der Waals surface area contributed by atoms with Crippen LogP contribution in [0.3, 0.4) is 0 Å². The summed E-state index contributed by atoms with van der Waals surface area (Å²) in [6.07, 6.45) is 1.64. The van der Waals surface area contributed by atoms with Crippen molar-refractivity contribution < 1.29 is 4.39 Å². The zero-order valence-electron chi connectivity index (χ0n) is 8.16. The highest BCUT2D eigenvalue weighted by molar-refractivity contribution is 5.36. The number of hydrogen-bond donors (Lipinski definition) is 0. The van der Waals surface area contributed by atoms with Crippen molar-refractivity contribution in [3.63, 3.8) is 0 Å². The van der Waals surface area contributed by atoms with E-state index >= 15 is 0 Å². The summed E-state index contributed by atoms with van der Waals surface area (Å²) in [5.74, 6) is -0.229. The van der Waals surface area contributed by atoms with Crippen LogP contribution in [-0.2, 0) is 0 Å². The van der Waals surface area contributed by atoms with E-state index in [4.69, 9.17) is 0 Å². The van der Waals surface area contributed by atoms with Gasteiger partial charge in [0.2, 0.25) is 0 Å². The third-order valence-corrected chi connectivity index (χ3v) is 2.36. The van der Waals surface area contributed by atoms with Crippen LogP contribution in [0.1, 0.15) is 11.4 Å². The Morgan fingerprint density at radius 1 is 1.21 bits per heavy atom. The molecule has 2 nitrogen and oxygen atoms in total. The van der Waals surface area contributed by atoms with Gasteiger partial charge in [-0.05, 0) is 26.0 Å². The van der Waals surface area contributed by atoms with Gasteiger partial charge in [-0.15, -0.1) is 0 Å². The topological polar surface area (TPSA) is 17.8 Å². The van der Waals surface area contributed by atoms with E-state index in [2.05, 4.69) is 4.98 Å². The Balaban J connectivity index is 2.60. The van der Waals surface area contributed by atoms with Gasteiger partial charge in [0.1, 0.15) is 5.82 Å². The fraction of sp³-hybridized carbons (Fsp3) is 0.182. The molecule has 3 heteroatoms. The summed E-state index contributed by atoms with van der Waals surface area (Å²) >= 11 is 0. The fourth-order valence-corrected chi connectivity index (χ4v) is 1.39. The molecular weight excluding hydrogens is 179 g/mol. The average Bonchev–Trinajstić information content (AvgIpc) is 2.49. The molecule has 2 rings (SSSR count). The van der Waals surface area contributed by atoms with Crippen molar-refractivity contribution in [3.05, 3.63) is 47.8 Å². The minimum atomic E-state index is -0.229. The van der Waals surface area contributed by atoms with E-state index in [0.29, 0.717) is 5.69 Å². The van der Waals surface area contributed by atoms with Crippen LogP contribution in [-0.4, -0.2) is 9.55 Å². The average molecular weight is 190 g/mol. The van der Waals surface area contributed by atoms with Crippen LogP contribution in [0.2, 0.25) is 0 Å². The first-order valence-corrected chi connectivity index (χ1v) is 4.45. The lowest BCUT2D eigenvalue weighted by Crippen LogP contribution is -1.98. The van der Waals surface area contributed by atoms with Crippen LogP contribution in [0, 0.1) is 19.7 Å². The second-order valence-corrected chi connectivity index (χ2v) is 3.24. The van der Waals surface area contributed by atoms with Crippen LogP contribution in [0.25, 0.3) is 5.69 Å². The second kappa shape index (κ2) is 3.25. The van der Waals surface area contributed by atoms with Crippen molar-refractivity contribution in [2.45, 2.75) is 13.8 Å². The molecule has 0 N–H and O–H groups in total. The summed E-state index contributed by atoms with van der Waals surface area (Å²) in [5.41, 5.74) is 2.44. The van der Waals surface area contributed by atoms with Crippen molar-refractivity contribution in [3.8, 4) is 5.69 Å². The predicted octanol–water partition coefficient (Wildman–Crippen LogP) is 2.63. The Morgan fingerprint density at radius 2 is 1.93 bits per heavy atom. The van der Waals surface area contributed by atoms with Gasteiger partial charge in [0.25, 0.3) is 0 Å². The molecule has 0 unspecified atom stereocenters. The normalized spacial score (nSPS) is 10.5. The van der Waals surface area contributed by atoms with Crippen LogP contribution in [0.5, 0.6) is 0 Å². The van der Waals surface area contributed by atoms with E-state index < -0.39 is 0 Å². The van der Waals surface area contributed by atoms with Crippen molar-refractivity contribution in [2.75, 3.05) is 0 Å². The highest BCUT2D eigenvalue weighted by atomic mass is 19.1. The van der Waals surface area contributed by atoms with Crippen LogP contribution < -0.4 is 0 Å². The van der Waals surface area contributed by atoms with E-state index in [9.17, 15) is 4.39 Å². The van der Waals surface area contributed by atoms with E-state index in [1.807, 2.05) is 19.9 Å². The van der Waals surface area contributed by atoms with Gasteiger partial charge in [-0.25, -0.2) is 9.37 Å². The Morgan fingerprint density at radius 3 is 2.50 bits per heavy atom. The number of nitrogens with zero attached hydrogens (tertiary/aromatic N) is 2. The zero-order chi connectivity index (χ0) is 10.1. The number of rotatable bonds is 1. The molecule has 1 heterocycles. The minimum Gasteiger partial charge on any atom is -0.300 e. The number of aryl methyl sites for hydroxylation is 1. The molecule has 0 saturated heterocycles. The van der Waals surface area contributed by atoms with Crippen LogP contribution >= 0.6 is 0 Å². The number of benzene rings is 1. The van der Waals surface area contributed by atoms with E-state index in [1.54, 1.807) is 23.0 Å². The van der Waals surface area contributed by atoms with Crippen molar-refractivity contribution >= 4 is 0 Å². The third kappa shape index (κ3) is 1.31.